The quantitative estimate of drug-likeness (QED) is 0.285. The molecule has 1 aromatic carbocycles. The van der Waals surface area contributed by atoms with Crippen LogP contribution in [0.4, 0.5) is 11.4 Å². The monoisotopic (exact) mass is 466 g/mol. The lowest BCUT2D eigenvalue weighted by molar-refractivity contribution is 0.144. The fourth-order valence-corrected chi connectivity index (χ4v) is 3.96. The number of nitrogens with zero attached hydrogens (tertiary/aromatic N) is 4. The summed E-state index contributed by atoms with van der Waals surface area (Å²) in [5.74, 6) is 0. The van der Waals surface area contributed by atoms with Gasteiger partial charge in [0.25, 0.3) is 0 Å². The molecule has 4 aromatic rings. The second-order valence-electron chi connectivity index (χ2n) is 8.16. The number of nitriles is 1. The Bertz CT molecular complexity index is 1340. The van der Waals surface area contributed by atoms with Crippen LogP contribution in [0.2, 0.25) is 0 Å². The van der Waals surface area contributed by atoms with Gasteiger partial charge in [0.15, 0.2) is 0 Å². The topological polar surface area (TPSA) is 89.9 Å². The number of hydrogen-bond acceptors (Lipinski definition) is 6. The van der Waals surface area contributed by atoms with Crippen LogP contribution in [-0.2, 0) is 11.3 Å². The van der Waals surface area contributed by atoms with Crippen LogP contribution in [0.25, 0.3) is 17.0 Å². The Morgan fingerprint density at radius 1 is 1.20 bits per heavy atom. The number of benzene rings is 1. The zero-order valence-corrected chi connectivity index (χ0v) is 20.2. The molecule has 0 aliphatic heterocycles. The SMILES string of the molecule is CCOCCCNCc1cccc(C=CN(c2cncc(C#N)c2)c2ccc3[nH]ccc3c2C)n1. The Balaban J connectivity index is 1.58. The third kappa shape index (κ3) is 6.12. The van der Waals surface area contributed by atoms with Crippen LogP contribution in [0, 0.1) is 18.3 Å². The molecule has 0 spiro atoms. The fraction of sp³-hybridized carbons (Fsp3) is 0.250. The summed E-state index contributed by atoms with van der Waals surface area (Å²) in [6.45, 7) is 7.22. The van der Waals surface area contributed by atoms with Crippen molar-refractivity contribution in [2.24, 2.45) is 0 Å². The molecule has 7 nitrogen and oxygen atoms in total. The van der Waals surface area contributed by atoms with Crippen molar-refractivity contribution in [1.29, 1.82) is 5.26 Å². The number of nitrogens with one attached hydrogen (secondary N) is 2. The van der Waals surface area contributed by atoms with Gasteiger partial charge in [-0.1, -0.05) is 6.07 Å². The molecule has 0 aliphatic rings. The summed E-state index contributed by atoms with van der Waals surface area (Å²) < 4.78 is 5.38. The molecule has 0 saturated carbocycles. The molecule has 0 unspecified atom stereocenters. The molecule has 0 radical (unpaired) electrons. The number of aromatic nitrogens is 3. The molecule has 7 heteroatoms. The number of H-pyrrole nitrogens is 1. The van der Waals surface area contributed by atoms with Crippen molar-refractivity contribution in [2.75, 3.05) is 24.7 Å². The number of aromatic amines is 1. The maximum Gasteiger partial charge on any atom is 0.101 e. The Labute approximate surface area is 206 Å². The van der Waals surface area contributed by atoms with E-state index in [2.05, 4.69) is 51.4 Å². The Morgan fingerprint density at radius 3 is 2.97 bits per heavy atom. The molecule has 2 N–H and O–H groups in total. The summed E-state index contributed by atoms with van der Waals surface area (Å²) in [4.78, 5) is 14.4. The number of hydrogen-bond donors (Lipinski definition) is 2. The predicted octanol–water partition coefficient (Wildman–Crippen LogP) is 5.46. The normalized spacial score (nSPS) is 11.2. The minimum Gasteiger partial charge on any atom is -0.382 e. The van der Waals surface area contributed by atoms with Gasteiger partial charge in [-0.2, -0.15) is 5.26 Å². The molecule has 0 aliphatic carbocycles. The van der Waals surface area contributed by atoms with Gasteiger partial charge >= 0.3 is 0 Å². The highest BCUT2D eigenvalue weighted by atomic mass is 16.5. The van der Waals surface area contributed by atoms with Gasteiger partial charge in [-0.15, -0.1) is 0 Å². The molecule has 0 fully saturated rings. The lowest BCUT2D eigenvalue weighted by atomic mass is 10.1. The van der Waals surface area contributed by atoms with Crippen molar-refractivity contribution in [1.82, 2.24) is 20.3 Å². The van der Waals surface area contributed by atoms with Gasteiger partial charge in [0, 0.05) is 54.9 Å². The molecular formula is C28H30N6O. The van der Waals surface area contributed by atoms with E-state index in [1.165, 1.54) is 0 Å². The molecule has 0 bridgehead atoms. The third-order valence-corrected chi connectivity index (χ3v) is 5.74. The van der Waals surface area contributed by atoms with Gasteiger partial charge < -0.3 is 19.9 Å². The number of rotatable bonds is 11. The number of pyridine rings is 2. The summed E-state index contributed by atoms with van der Waals surface area (Å²) in [6.07, 6.45) is 10.2. The number of fused-ring (bicyclic) bond motifs is 1. The smallest absolute Gasteiger partial charge is 0.101 e. The van der Waals surface area contributed by atoms with Gasteiger partial charge in [0.2, 0.25) is 0 Å². The molecule has 3 heterocycles. The van der Waals surface area contributed by atoms with Crippen LogP contribution in [0.3, 0.4) is 0 Å². The van der Waals surface area contributed by atoms with E-state index in [1.807, 2.05) is 49.7 Å². The van der Waals surface area contributed by atoms with E-state index in [9.17, 15) is 5.26 Å². The van der Waals surface area contributed by atoms with Gasteiger partial charge in [-0.05, 0) is 74.9 Å². The van der Waals surface area contributed by atoms with E-state index < -0.39 is 0 Å². The zero-order valence-electron chi connectivity index (χ0n) is 20.2. The van der Waals surface area contributed by atoms with E-state index in [1.54, 1.807) is 12.4 Å². The van der Waals surface area contributed by atoms with Gasteiger partial charge in [-0.25, -0.2) is 0 Å². The van der Waals surface area contributed by atoms with E-state index >= 15 is 0 Å². The van der Waals surface area contributed by atoms with Crippen molar-refractivity contribution in [2.45, 2.75) is 26.8 Å². The first-order valence-electron chi connectivity index (χ1n) is 11.8. The molecule has 4 rings (SSSR count). The lowest BCUT2D eigenvalue weighted by Gasteiger charge is -2.23. The second-order valence-corrected chi connectivity index (χ2v) is 8.16. The van der Waals surface area contributed by atoms with Crippen molar-refractivity contribution >= 4 is 28.4 Å². The Morgan fingerprint density at radius 2 is 2.11 bits per heavy atom. The summed E-state index contributed by atoms with van der Waals surface area (Å²) in [6, 6.07) is 16.3. The van der Waals surface area contributed by atoms with E-state index in [-0.39, 0.29) is 0 Å². The van der Waals surface area contributed by atoms with Crippen LogP contribution in [0.1, 0.15) is 35.9 Å². The van der Waals surface area contributed by atoms with Crippen LogP contribution in [0.5, 0.6) is 0 Å². The predicted molar refractivity (Wildman–Crippen MR) is 140 cm³/mol. The molecule has 0 saturated heterocycles. The van der Waals surface area contributed by atoms with Crippen LogP contribution >= 0.6 is 0 Å². The summed E-state index contributed by atoms with van der Waals surface area (Å²) in [5, 5.41) is 14.0. The molecule has 3 aromatic heterocycles. The third-order valence-electron chi connectivity index (χ3n) is 5.74. The molecule has 0 atom stereocenters. The Kier molecular flexibility index (Phi) is 8.23. The van der Waals surface area contributed by atoms with Crippen LogP contribution in [0.15, 0.2) is 67.3 Å². The number of ether oxygens (including phenoxy) is 1. The highest BCUT2D eigenvalue weighted by Gasteiger charge is 2.13. The van der Waals surface area contributed by atoms with Crippen LogP contribution < -0.4 is 10.2 Å². The summed E-state index contributed by atoms with van der Waals surface area (Å²) >= 11 is 0. The number of aryl methyl sites for hydroxylation is 1. The van der Waals surface area contributed by atoms with Gasteiger partial charge in [0.05, 0.1) is 28.8 Å². The van der Waals surface area contributed by atoms with Crippen molar-refractivity contribution in [3.63, 3.8) is 0 Å². The fourth-order valence-electron chi connectivity index (χ4n) is 3.96. The average Bonchev–Trinajstić information content (AvgIpc) is 3.38. The maximum atomic E-state index is 9.40. The van der Waals surface area contributed by atoms with E-state index in [4.69, 9.17) is 9.72 Å². The van der Waals surface area contributed by atoms with E-state index in [0.29, 0.717) is 12.1 Å². The first-order chi connectivity index (χ1) is 17.2. The highest BCUT2D eigenvalue weighted by molar-refractivity contribution is 5.90. The average molecular weight is 467 g/mol. The molecule has 35 heavy (non-hydrogen) atoms. The Hall–Kier alpha value is -3.99. The number of anilines is 2. The maximum absolute atomic E-state index is 9.40. The molecule has 178 valence electrons. The van der Waals surface area contributed by atoms with Crippen molar-refractivity contribution < 1.29 is 4.74 Å². The summed E-state index contributed by atoms with van der Waals surface area (Å²) in [7, 11) is 0. The molecular weight excluding hydrogens is 436 g/mol. The van der Waals surface area contributed by atoms with Crippen LogP contribution in [-0.4, -0.2) is 34.7 Å². The largest absolute Gasteiger partial charge is 0.382 e. The first kappa shape index (κ1) is 24.1. The highest BCUT2D eigenvalue weighted by Crippen LogP contribution is 2.33. The van der Waals surface area contributed by atoms with Crippen molar-refractivity contribution in [3.8, 4) is 6.07 Å². The molecule has 0 amide bonds. The van der Waals surface area contributed by atoms with Crippen molar-refractivity contribution in [3.05, 3.63) is 89.8 Å². The lowest BCUT2D eigenvalue weighted by Crippen LogP contribution is -2.17. The van der Waals surface area contributed by atoms with E-state index in [0.717, 1.165) is 65.4 Å². The standard InChI is InChI=1S/C28H30N6O/c1-3-35-15-5-12-30-19-24-7-4-6-23(33-24)11-14-34(25-16-22(17-29)18-31-20-25)28-9-8-27-26(21(28)2)10-13-32-27/h4,6-11,13-14,16,18,20,30,32H,3,5,12,15,19H2,1-2H3. The minimum atomic E-state index is 0.511. The second kappa shape index (κ2) is 11.9. The zero-order chi connectivity index (χ0) is 24.5. The summed E-state index contributed by atoms with van der Waals surface area (Å²) in [5.41, 5.74) is 6.39. The van der Waals surface area contributed by atoms with Gasteiger partial charge in [-0.3, -0.25) is 9.97 Å². The first-order valence-corrected chi connectivity index (χ1v) is 11.8. The van der Waals surface area contributed by atoms with Gasteiger partial charge in [0.1, 0.15) is 6.07 Å². The minimum absolute atomic E-state index is 0.511.